The molecular weight excluding hydrogens is 257 g/mol. The van der Waals surface area contributed by atoms with E-state index < -0.39 is 0 Å². The maximum Gasteiger partial charge on any atom is 0.187 e. The molecule has 20 heavy (non-hydrogen) atoms. The molecule has 0 aliphatic carbocycles. The second-order valence-electron chi connectivity index (χ2n) is 5.69. The van der Waals surface area contributed by atoms with Crippen LogP contribution in [0.1, 0.15) is 38.3 Å². The Hall–Kier alpha value is -1.23. The molecule has 4 nitrogen and oxygen atoms in total. The van der Waals surface area contributed by atoms with Crippen molar-refractivity contribution in [2.75, 3.05) is 24.6 Å². The molecule has 1 aromatic rings. The Morgan fingerprint density at radius 2 is 2.10 bits per heavy atom. The van der Waals surface area contributed by atoms with E-state index >= 15 is 0 Å². The molecule has 2 saturated heterocycles. The highest BCUT2D eigenvalue weighted by atomic mass is 19.1. The first-order valence-corrected chi connectivity index (χ1v) is 7.65. The summed E-state index contributed by atoms with van der Waals surface area (Å²) in [6.07, 6.45) is 7.01. The Balaban J connectivity index is 1.65. The zero-order valence-corrected chi connectivity index (χ0v) is 12.0. The third-order valence-corrected chi connectivity index (χ3v) is 4.51. The Labute approximate surface area is 119 Å². The van der Waals surface area contributed by atoms with Crippen molar-refractivity contribution in [3.05, 3.63) is 17.8 Å². The minimum Gasteiger partial charge on any atom is -0.378 e. The Bertz CT molecular complexity index is 454. The fourth-order valence-electron chi connectivity index (χ4n) is 3.32. The van der Waals surface area contributed by atoms with Crippen molar-refractivity contribution in [1.82, 2.24) is 9.97 Å². The van der Waals surface area contributed by atoms with Crippen LogP contribution in [0, 0.1) is 11.7 Å². The number of hydrogen-bond acceptors (Lipinski definition) is 4. The summed E-state index contributed by atoms with van der Waals surface area (Å²) in [5.41, 5.74) is 0.510. The molecule has 1 atom stereocenters. The summed E-state index contributed by atoms with van der Waals surface area (Å²) in [7, 11) is 0. The van der Waals surface area contributed by atoms with Gasteiger partial charge in [0.1, 0.15) is 6.33 Å². The van der Waals surface area contributed by atoms with Crippen LogP contribution in [0.5, 0.6) is 0 Å². The topological polar surface area (TPSA) is 38.2 Å². The van der Waals surface area contributed by atoms with Gasteiger partial charge in [0.05, 0.1) is 11.8 Å². The molecule has 2 fully saturated rings. The first kappa shape index (κ1) is 13.7. The lowest BCUT2D eigenvalue weighted by molar-refractivity contribution is 0.0530. The van der Waals surface area contributed by atoms with Gasteiger partial charge in [0.25, 0.3) is 0 Å². The van der Waals surface area contributed by atoms with Gasteiger partial charge in [-0.15, -0.1) is 0 Å². The lowest BCUT2D eigenvalue weighted by Gasteiger charge is -2.35. The van der Waals surface area contributed by atoms with Crippen LogP contribution < -0.4 is 4.90 Å². The normalized spacial score (nSPS) is 24.3. The van der Waals surface area contributed by atoms with Crippen LogP contribution in [-0.2, 0) is 11.2 Å². The van der Waals surface area contributed by atoms with Crippen LogP contribution >= 0.6 is 0 Å². The van der Waals surface area contributed by atoms with Gasteiger partial charge < -0.3 is 9.64 Å². The number of piperidine rings is 1. The molecule has 2 aliphatic rings. The Morgan fingerprint density at radius 3 is 2.75 bits per heavy atom. The van der Waals surface area contributed by atoms with Crippen molar-refractivity contribution >= 4 is 5.82 Å². The number of nitrogens with zero attached hydrogens (tertiary/aromatic N) is 3. The summed E-state index contributed by atoms with van der Waals surface area (Å²) in [5.74, 6) is 0.859. The summed E-state index contributed by atoms with van der Waals surface area (Å²) < 4.78 is 20.0. The third-order valence-electron chi connectivity index (χ3n) is 4.51. The highest BCUT2D eigenvalue weighted by molar-refractivity contribution is 5.41. The molecule has 0 bridgehead atoms. The monoisotopic (exact) mass is 279 g/mol. The van der Waals surface area contributed by atoms with E-state index in [-0.39, 0.29) is 5.82 Å². The number of hydrogen-bond donors (Lipinski definition) is 0. The maximum absolute atomic E-state index is 14.3. The number of halogens is 1. The van der Waals surface area contributed by atoms with Gasteiger partial charge in [-0.05, 0) is 38.0 Å². The summed E-state index contributed by atoms with van der Waals surface area (Å²) in [6, 6.07) is 0. The SMILES string of the molecule is CCc1ncnc(N2CCC([C@@H]3CCCO3)CC2)c1F. The summed E-state index contributed by atoms with van der Waals surface area (Å²) in [4.78, 5) is 10.2. The average molecular weight is 279 g/mol. The largest absolute Gasteiger partial charge is 0.378 e. The molecule has 0 N–H and O–H groups in total. The predicted molar refractivity (Wildman–Crippen MR) is 75.3 cm³/mol. The van der Waals surface area contributed by atoms with Gasteiger partial charge in [-0.2, -0.15) is 0 Å². The van der Waals surface area contributed by atoms with Crippen molar-refractivity contribution in [2.45, 2.75) is 45.1 Å². The summed E-state index contributed by atoms with van der Waals surface area (Å²) in [5, 5.41) is 0. The first-order valence-electron chi connectivity index (χ1n) is 7.65. The molecule has 110 valence electrons. The number of aromatic nitrogens is 2. The van der Waals surface area contributed by atoms with Gasteiger partial charge in [-0.3, -0.25) is 0 Å². The van der Waals surface area contributed by atoms with E-state index in [0.29, 0.717) is 30.0 Å². The van der Waals surface area contributed by atoms with Gasteiger partial charge in [0, 0.05) is 19.7 Å². The molecule has 3 rings (SSSR count). The molecule has 0 radical (unpaired) electrons. The minimum absolute atomic E-state index is 0.245. The van der Waals surface area contributed by atoms with E-state index in [4.69, 9.17) is 4.74 Å². The molecular formula is C15H22FN3O. The zero-order valence-electron chi connectivity index (χ0n) is 12.0. The highest BCUT2D eigenvalue weighted by Gasteiger charge is 2.30. The van der Waals surface area contributed by atoms with Crippen molar-refractivity contribution in [1.29, 1.82) is 0 Å². The number of anilines is 1. The molecule has 2 aliphatic heterocycles. The lowest BCUT2D eigenvalue weighted by atomic mass is 9.90. The van der Waals surface area contributed by atoms with Gasteiger partial charge in [0.15, 0.2) is 11.6 Å². The second kappa shape index (κ2) is 6.04. The van der Waals surface area contributed by atoms with Crippen LogP contribution in [-0.4, -0.2) is 35.8 Å². The predicted octanol–water partition coefficient (Wildman–Crippen LogP) is 2.57. The minimum atomic E-state index is -0.245. The Morgan fingerprint density at radius 1 is 1.30 bits per heavy atom. The van der Waals surface area contributed by atoms with E-state index in [2.05, 4.69) is 14.9 Å². The standard InChI is InChI=1S/C15H22FN3O/c1-2-12-14(16)15(18-10-17-12)19-7-5-11(6-8-19)13-4-3-9-20-13/h10-11,13H,2-9H2,1H3/t13-/m0/s1. The van der Waals surface area contributed by atoms with Crippen molar-refractivity contribution < 1.29 is 9.13 Å². The molecule has 0 amide bonds. The maximum atomic E-state index is 14.3. The van der Waals surface area contributed by atoms with Crippen molar-refractivity contribution in [3.8, 4) is 0 Å². The fourth-order valence-corrected chi connectivity index (χ4v) is 3.32. The lowest BCUT2D eigenvalue weighted by Crippen LogP contribution is -2.38. The average Bonchev–Trinajstić information content (AvgIpc) is 3.02. The Kier molecular flexibility index (Phi) is 4.15. The summed E-state index contributed by atoms with van der Waals surface area (Å²) >= 11 is 0. The summed E-state index contributed by atoms with van der Waals surface area (Å²) in [6.45, 7) is 4.55. The number of rotatable bonds is 3. The first-order chi connectivity index (χ1) is 9.79. The van der Waals surface area contributed by atoms with Crippen LogP contribution in [0.2, 0.25) is 0 Å². The van der Waals surface area contributed by atoms with Gasteiger partial charge in [0.2, 0.25) is 0 Å². The van der Waals surface area contributed by atoms with E-state index in [0.717, 1.165) is 32.5 Å². The molecule has 0 spiro atoms. The zero-order chi connectivity index (χ0) is 13.9. The molecule has 0 unspecified atom stereocenters. The molecule has 0 saturated carbocycles. The van der Waals surface area contributed by atoms with E-state index in [1.165, 1.54) is 19.2 Å². The third kappa shape index (κ3) is 2.64. The van der Waals surface area contributed by atoms with Crippen LogP contribution in [0.4, 0.5) is 10.2 Å². The van der Waals surface area contributed by atoms with Gasteiger partial charge >= 0.3 is 0 Å². The van der Waals surface area contributed by atoms with E-state index in [1.54, 1.807) is 0 Å². The number of ether oxygens (including phenoxy) is 1. The molecule has 1 aromatic heterocycles. The van der Waals surface area contributed by atoms with Gasteiger partial charge in [-0.1, -0.05) is 6.92 Å². The van der Waals surface area contributed by atoms with Crippen LogP contribution in [0.15, 0.2) is 6.33 Å². The van der Waals surface area contributed by atoms with Crippen LogP contribution in [0.25, 0.3) is 0 Å². The smallest absolute Gasteiger partial charge is 0.187 e. The second-order valence-corrected chi connectivity index (χ2v) is 5.69. The van der Waals surface area contributed by atoms with Crippen LogP contribution in [0.3, 0.4) is 0 Å². The molecule has 5 heteroatoms. The molecule has 3 heterocycles. The fraction of sp³-hybridized carbons (Fsp3) is 0.733. The van der Waals surface area contributed by atoms with E-state index in [1.807, 2.05) is 6.92 Å². The van der Waals surface area contributed by atoms with E-state index in [9.17, 15) is 4.39 Å². The van der Waals surface area contributed by atoms with Crippen molar-refractivity contribution in [3.63, 3.8) is 0 Å². The number of aryl methyl sites for hydroxylation is 1. The quantitative estimate of drug-likeness (QED) is 0.852. The van der Waals surface area contributed by atoms with Gasteiger partial charge in [-0.25, -0.2) is 14.4 Å². The highest BCUT2D eigenvalue weighted by Crippen LogP contribution is 2.31. The van der Waals surface area contributed by atoms with Crippen molar-refractivity contribution in [2.24, 2.45) is 5.92 Å². The molecule has 0 aromatic carbocycles.